The molecule has 0 spiro atoms. The van der Waals surface area contributed by atoms with Crippen molar-refractivity contribution in [1.29, 1.82) is 0 Å². The standard InChI is InChI=1S/C16H19N7O/c1-24-15-6-7-17-16(18-15)22-10-8-21(9-11-22)12-23-14-5-3-2-4-13(14)19-20-23/h2-7H,8-12H2,1H3. The summed E-state index contributed by atoms with van der Waals surface area (Å²) in [6, 6.07) is 9.79. The number of hydrogen-bond acceptors (Lipinski definition) is 7. The number of anilines is 1. The van der Waals surface area contributed by atoms with Gasteiger partial charge >= 0.3 is 0 Å². The Kier molecular flexibility index (Phi) is 3.96. The minimum atomic E-state index is 0.594. The maximum Gasteiger partial charge on any atom is 0.228 e. The van der Waals surface area contributed by atoms with Gasteiger partial charge in [-0.3, -0.25) is 4.90 Å². The third kappa shape index (κ3) is 2.88. The van der Waals surface area contributed by atoms with Gasteiger partial charge in [-0.1, -0.05) is 17.3 Å². The van der Waals surface area contributed by atoms with Gasteiger partial charge in [0.2, 0.25) is 11.8 Å². The van der Waals surface area contributed by atoms with Gasteiger partial charge in [-0.25, -0.2) is 9.67 Å². The monoisotopic (exact) mass is 325 g/mol. The zero-order valence-electron chi connectivity index (χ0n) is 13.5. The highest BCUT2D eigenvalue weighted by atomic mass is 16.5. The molecule has 0 bridgehead atoms. The minimum absolute atomic E-state index is 0.594. The molecule has 0 amide bonds. The Balaban J connectivity index is 1.41. The fourth-order valence-corrected chi connectivity index (χ4v) is 2.90. The van der Waals surface area contributed by atoms with Crippen molar-refractivity contribution < 1.29 is 4.74 Å². The van der Waals surface area contributed by atoms with E-state index in [-0.39, 0.29) is 0 Å². The van der Waals surface area contributed by atoms with Gasteiger partial charge < -0.3 is 9.64 Å². The number of piperazine rings is 1. The van der Waals surface area contributed by atoms with E-state index in [9.17, 15) is 0 Å². The second kappa shape index (κ2) is 6.40. The highest BCUT2D eigenvalue weighted by Gasteiger charge is 2.20. The van der Waals surface area contributed by atoms with Crippen LogP contribution in [-0.2, 0) is 6.67 Å². The molecule has 0 atom stereocenters. The molecule has 1 aliphatic heterocycles. The summed E-state index contributed by atoms with van der Waals surface area (Å²) in [6.07, 6.45) is 1.73. The molecular formula is C16H19N7O. The molecule has 0 saturated carbocycles. The Labute approximate surface area is 139 Å². The number of benzene rings is 1. The quantitative estimate of drug-likeness (QED) is 0.709. The second-order valence-corrected chi connectivity index (χ2v) is 5.72. The summed E-state index contributed by atoms with van der Waals surface area (Å²) in [7, 11) is 1.62. The predicted molar refractivity (Wildman–Crippen MR) is 89.9 cm³/mol. The Morgan fingerprint density at radius 3 is 2.75 bits per heavy atom. The van der Waals surface area contributed by atoms with Crippen molar-refractivity contribution in [2.45, 2.75) is 6.67 Å². The van der Waals surface area contributed by atoms with Gasteiger partial charge in [-0.15, -0.1) is 5.10 Å². The Hall–Kier alpha value is -2.74. The first-order valence-electron chi connectivity index (χ1n) is 7.96. The van der Waals surface area contributed by atoms with E-state index in [4.69, 9.17) is 4.74 Å². The van der Waals surface area contributed by atoms with Crippen LogP contribution < -0.4 is 9.64 Å². The number of methoxy groups -OCH3 is 1. The van der Waals surface area contributed by atoms with Crippen LogP contribution in [0.2, 0.25) is 0 Å². The van der Waals surface area contributed by atoms with E-state index in [2.05, 4.69) is 36.1 Å². The molecule has 2 aromatic heterocycles. The number of rotatable bonds is 4. The van der Waals surface area contributed by atoms with E-state index in [1.54, 1.807) is 19.4 Å². The topological polar surface area (TPSA) is 72.2 Å². The van der Waals surface area contributed by atoms with Gasteiger partial charge in [0.05, 0.1) is 19.3 Å². The number of nitrogens with zero attached hydrogens (tertiary/aromatic N) is 7. The molecule has 4 rings (SSSR count). The maximum absolute atomic E-state index is 5.17. The van der Waals surface area contributed by atoms with E-state index in [0.717, 1.165) is 49.8 Å². The van der Waals surface area contributed by atoms with Gasteiger partial charge in [0, 0.05) is 38.4 Å². The molecule has 1 fully saturated rings. The van der Waals surface area contributed by atoms with Crippen molar-refractivity contribution in [3.63, 3.8) is 0 Å². The van der Waals surface area contributed by atoms with Crippen LogP contribution in [0.15, 0.2) is 36.5 Å². The zero-order chi connectivity index (χ0) is 16.4. The summed E-state index contributed by atoms with van der Waals surface area (Å²) in [5.74, 6) is 1.32. The molecule has 0 aliphatic carbocycles. The van der Waals surface area contributed by atoms with Crippen LogP contribution >= 0.6 is 0 Å². The summed E-state index contributed by atoms with van der Waals surface area (Å²) in [6.45, 7) is 4.34. The number of fused-ring (bicyclic) bond motifs is 1. The molecule has 8 nitrogen and oxygen atoms in total. The van der Waals surface area contributed by atoms with E-state index in [0.29, 0.717) is 5.88 Å². The van der Waals surface area contributed by atoms with Gasteiger partial charge in [0.1, 0.15) is 5.52 Å². The fraction of sp³-hybridized carbons (Fsp3) is 0.375. The first-order chi connectivity index (χ1) is 11.8. The van der Waals surface area contributed by atoms with E-state index >= 15 is 0 Å². The van der Waals surface area contributed by atoms with Gasteiger partial charge in [-0.05, 0) is 12.1 Å². The van der Waals surface area contributed by atoms with Crippen LogP contribution in [0.25, 0.3) is 11.0 Å². The van der Waals surface area contributed by atoms with E-state index in [1.165, 1.54) is 0 Å². The van der Waals surface area contributed by atoms with Gasteiger partial charge in [0.25, 0.3) is 0 Å². The van der Waals surface area contributed by atoms with Crippen LogP contribution in [0.5, 0.6) is 5.88 Å². The zero-order valence-corrected chi connectivity index (χ0v) is 13.5. The predicted octanol–water partition coefficient (Wildman–Crippen LogP) is 1.01. The lowest BCUT2D eigenvalue weighted by atomic mass is 10.3. The smallest absolute Gasteiger partial charge is 0.228 e. The molecule has 3 aromatic rings. The molecule has 1 saturated heterocycles. The second-order valence-electron chi connectivity index (χ2n) is 5.72. The summed E-state index contributed by atoms with van der Waals surface area (Å²) >= 11 is 0. The lowest BCUT2D eigenvalue weighted by Crippen LogP contribution is -2.47. The highest BCUT2D eigenvalue weighted by molar-refractivity contribution is 5.73. The molecule has 1 aliphatic rings. The lowest BCUT2D eigenvalue weighted by Gasteiger charge is -2.34. The maximum atomic E-state index is 5.17. The third-order valence-corrected chi connectivity index (χ3v) is 4.24. The molecule has 0 radical (unpaired) electrons. The van der Waals surface area contributed by atoms with E-state index < -0.39 is 0 Å². The first kappa shape index (κ1) is 14.8. The minimum Gasteiger partial charge on any atom is -0.481 e. The van der Waals surface area contributed by atoms with Crippen LogP contribution in [0.1, 0.15) is 0 Å². The highest BCUT2D eigenvalue weighted by Crippen LogP contribution is 2.16. The third-order valence-electron chi connectivity index (χ3n) is 4.24. The molecule has 0 N–H and O–H groups in total. The van der Waals surface area contributed by atoms with Gasteiger partial charge in [0.15, 0.2) is 0 Å². The Morgan fingerprint density at radius 2 is 1.92 bits per heavy atom. The molecule has 124 valence electrons. The number of aromatic nitrogens is 5. The lowest BCUT2D eigenvalue weighted by molar-refractivity contribution is 0.196. The molecule has 3 heterocycles. The summed E-state index contributed by atoms with van der Waals surface area (Å²) in [4.78, 5) is 13.3. The SMILES string of the molecule is COc1ccnc(N2CCN(Cn3nnc4ccccc43)CC2)n1. The van der Waals surface area contributed by atoms with Crippen LogP contribution in [0.3, 0.4) is 0 Å². The molecular weight excluding hydrogens is 306 g/mol. The fourth-order valence-electron chi connectivity index (χ4n) is 2.90. The van der Waals surface area contributed by atoms with Crippen molar-refractivity contribution in [2.24, 2.45) is 0 Å². The summed E-state index contributed by atoms with van der Waals surface area (Å²) < 4.78 is 7.12. The molecule has 1 aromatic carbocycles. The first-order valence-corrected chi connectivity index (χ1v) is 7.96. The van der Waals surface area contributed by atoms with Gasteiger partial charge in [-0.2, -0.15) is 4.98 Å². The summed E-state index contributed by atoms with van der Waals surface area (Å²) in [5.41, 5.74) is 2.00. The molecule has 24 heavy (non-hydrogen) atoms. The van der Waals surface area contributed by atoms with Crippen LogP contribution in [0, 0.1) is 0 Å². The van der Waals surface area contributed by atoms with E-state index in [1.807, 2.05) is 22.9 Å². The van der Waals surface area contributed by atoms with Crippen molar-refractivity contribution in [3.8, 4) is 5.88 Å². The molecule has 0 unspecified atom stereocenters. The molecule has 8 heteroatoms. The average molecular weight is 325 g/mol. The normalized spacial score (nSPS) is 15.8. The Morgan fingerprint density at radius 1 is 1.08 bits per heavy atom. The van der Waals surface area contributed by atoms with Crippen molar-refractivity contribution in [3.05, 3.63) is 36.5 Å². The average Bonchev–Trinajstić information content (AvgIpc) is 3.05. The van der Waals surface area contributed by atoms with Crippen molar-refractivity contribution >= 4 is 17.0 Å². The Bertz CT molecular complexity index is 826. The van der Waals surface area contributed by atoms with Crippen LogP contribution in [0.4, 0.5) is 5.95 Å². The number of ether oxygens (including phenoxy) is 1. The van der Waals surface area contributed by atoms with Crippen molar-refractivity contribution in [2.75, 3.05) is 38.2 Å². The van der Waals surface area contributed by atoms with Crippen molar-refractivity contribution in [1.82, 2.24) is 29.9 Å². The number of hydrogen-bond donors (Lipinski definition) is 0. The largest absolute Gasteiger partial charge is 0.481 e. The number of para-hydroxylation sites is 1. The summed E-state index contributed by atoms with van der Waals surface area (Å²) in [5, 5.41) is 8.47. The van der Waals surface area contributed by atoms with Crippen LogP contribution in [-0.4, -0.2) is 63.2 Å².